The average molecular weight is 438 g/mol. The molecule has 0 unspecified atom stereocenters. The molecular formula is C22H26ClF2N3O2. The van der Waals surface area contributed by atoms with Crippen LogP contribution in [0.15, 0.2) is 42.5 Å². The van der Waals surface area contributed by atoms with Crippen LogP contribution in [0.3, 0.4) is 0 Å². The fraction of sp³-hybridized carbons (Fsp3) is 0.409. The van der Waals surface area contributed by atoms with Gasteiger partial charge in [-0.2, -0.15) is 0 Å². The van der Waals surface area contributed by atoms with Crippen LogP contribution in [0.5, 0.6) is 5.75 Å². The maximum absolute atomic E-state index is 15.1. The molecule has 2 aromatic rings. The summed E-state index contributed by atoms with van der Waals surface area (Å²) in [6, 6.07) is 11.5. The second-order valence-corrected chi connectivity index (χ2v) is 7.78. The van der Waals surface area contributed by atoms with Gasteiger partial charge in [0.25, 0.3) is 5.91 Å². The van der Waals surface area contributed by atoms with Crippen LogP contribution in [0, 0.1) is 5.82 Å². The summed E-state index contributed by atoms with van der Waals surface area (Å²) in [5.74, 6) is -0.0742. The first-order valence-electron chi connectivity index (χ1n) is 9.95. The lowest BCUT2D eigenvalue weighted by molar-refractivity contribution is 0.0433. The number of likely N-dealkylation sites (tertiary alicyclic amines) is 1. The van der Waals surface area contributed by atoms with Crippen LogP contribution in [0.25, 0.3) is 0 Å². The Bertz CT molecular complexity index is 873. The number of nitrogens with zero attached hydrogens (tertiary/aromatic N) is 1. The van der Waals surface area contributed by atoms with Gasteiger partial charge in [-0.1, -0.05) is 17.7 Å². The number of carbonyl (C=O) groups is 1. The Morgan fingerprint density at radius 3 is 2.70 bits per heavy atom. The molecule has 1 aliphatic heterocycles. The molecule has 0 atom stereocenters. The van der Waals surface area contributed by atoms with Gasteiger partial charge in [-0.3, -0.25) is 4.79 Å². The molecule has 1 aliphatic rings. The van der Waals surface area contributed by atoms with E-state index in [4.69, 9.17) is 16.3 Å². The largest absolute Gasteiger partial charge is 0.492 e. The number of benzene rings is 2. The summed E-state index contributed by atoms with van der Waals surface area (Å²) in [4.78, 5) is 14.1. The molecule has 0 saturated carbocycles. The maximum atomic E-state index is 15.1. The van der Waals surface area contributed by atoms with Crippen LogP contribution < -0.4 is 15.4 Å². The standard InChI is InChI=1S/C22H26ClF2N3O2/c1-26-17-3-2-4-18(14-17)30-12-9-27-15-22(25)7-10-28(11-8-22)21(29)16-5-6-20(24)19(23)13-16/h2-6,13-14,26-27H,7-12,15H2,1H3. The van der Waals surface area contributed by atoms with E-state index in [0.717, 1.165) is 11.4 Å². The molecule has 0 spiro atoms. The van der Waals surface area contributed by atoms with Crippen molar-refractivity contribution in [2.75, 3.05) is 45.2 Å². The zero-order chi connectivity index (χ0) is 21.6. The number of halogens is 3. The number of hydrogen-bond donors (Lipinski definition) is 2. The first kappa shape index (κ1) is 22.3. The molecule has 2 aromatic carbocycles. The van der Waals surface area contributed by atoms with Gasteiger partial charge in [0.05, 0.1) is 5.02 Å². The molecule has 0 bridgehead atoms. The lowest BCUT2D eigenvalue weighted by atomic mass is 9.93. The van der Waals surface area contributed by atoms with Crippen molar-refractivity contribution >= 4 is 23.2 Å². The van der Waals surface area contributed by atoms with E-state index in [-0.39, 0.29) is 30.3 Å². The summed E-state index contributed by atoms with van der Waals surface area (Å²) in [5.41, 5.74) is -0.0961. The van der Waals surface area contributed by atoms with Crippen molar-refractivity contribution in [3.05, 3.63) is 58.9 Å². The van der Waals surface area contributed by atoms with Gasteiger partial charge in [-0.15, -0.1) is 0 Å². The van der Waals surface area contributed by atoms with Gasteiger partial charge in [-0.05, 0) is 30.3 Å². The summed E-state index contributed by atoms with van der Waals surface area (Å²) in [5, 5.41) is 6.06. The highest BCUT2D eigenvalue weighted by Crippen LogP contribution is 2.27. The summed E-state index contributed by atoms with van der Waals surface area (Å²) >= 11 is 5.75. The quantitative estimate of drug-likeness (QED) is 0.610. The maximum Gasteiger partial charge on any atom is 0.253 e. The van der Waals surface area contributed by atoms with Crippen molar-refractivity contribution in [3.8, 4) is 5.75 Å². The van der Waals surface area contributed by atoms with E-state index in [1.807, 2.05) is 31.3 Å². The van der Waals surface area contributed by atoms with Gasteiger partial charge in [0.2, 0.25) is 0 Å². The van der Waals surface area contributed by atoms with Crippen molar-refractivity contribution in [3.63, 3.8) is 0 Å². The molecule has 2 N–H and O–H groups in total. The Morgan fingerprint density at radius 2 is 2.00 bits per heavy atom. The van der Waals surface area contributed by atoms with Crippen LogP contribution in [0.1, 0.15) is 23.2 Å². The molecule has 1 heterocycles. The van der Waals surface area contributed by atoms with Crippen molar-refractivity contribution in [1.82, 2.24) is 10.2 Å². The molecule has 3 rings (SSSR count). The first-order chi connectivity index (χ1) is 14.4. The minimum Gasteiger partial charge on any atom is -0.492 e. The predicted octanol–water partition coefficient (Wildman–Crippen LogP) is 4.13. The summed E-state index contributed by atoms with van der Waals surface area (Å²) in [6.07, 6.45) is 0.484. The van der Waals surface area contributed by atoms with Gasteiger partial charge in [0.1, 0.15) is 23.8 Å². The topological polar surface area (TPSA) is 53.6 Å². The normalized spacial score (nSPS) is 15.7. The monoisotopic (exact) mass is 437 g/mol. The highest BCUT2D eigenvalue weighted by molar-refractivity contribution is 6.31. The number of hydrogen-bond acceptors (Lipinski definition) is 4. The van der Waals surface area contributed by atoms with Crippen molar-refractivity contribution in [2.24, 2.45) is 0 Å². The number of anilines is 1. The second kappa shape index (κ2) is 10.1. The SMILES string of the molecule is CNc1cccc(OCCNCC2(F)CCN(C(=O)c3ccc(F)c(Cl)c3)CC2)c1. The van der Waals surface area contributed by atoms with Crippen molar-refractivity contribution in [1.29, 1.82) is 0 Å². The molecule has 8 heteroatoms. The highest BCUT2D eigenvalue weighted by Gasteiger charge is 2.35. The second-order valence-electron chi connectivity index (χ2n) is 7.38. The third-order valence-corrected chi connectivity index (χ3v) is 5.52. The summed E-state index contributed by atoms with van der Waals surface area (Å²) in [7, 11) is 1.84. The number of piperidine rings is 1. The van der Waals surface area contributed by atoms with Crippen LogP contribution in [0.2, 0.25) is 5.02 Å². The number of nitrogens with one attached hydrogen (secondary N) is 2. The number of rotatable bonds is 8. The Hall–Kier alpha value is -2.38. The average Bonchev–Trinajstić information content (AvgIpc) is 2.75. The molecule has 1 saturated heterocycles. The van der Waals surface area contributed by atoms with Crippen molar-refractivity contribution < 1.29 is 18.3 Å². The molecule has 1 fully saturated rings. The Kier molecular flexibility index (Phi) is 7.50. The van der Waals surface area contributed by atoms with E-state index < -0.39 is 11.5 Å². The number of ether oxygens (including phenoxy) is 1. The Balaban J connectivity index is 1.40. The Morgan fingerprint density at radius 1 is 1.23 bits per heavy atom. The van der Waals surface area contributed by atoms with Gasteiger partial charge >= 0.3 is 0 Å². The van der Waals surface area contributed by atoms with Gasteiger partial charge in [0.15, 0.2) is 0 Å². The van der Waals surface area contributed by atoms with Crippen LogP contribution in [0.4, 0.5) is 14.5 Å². The van der Waals surface area contributed by atoms with E-state index >= 15 is 4.39 Å². The van der Waals surface area contributed by atoms with E-state index in [1.165, 1.54) is 18.2 Å². The van der Waals surface area contributed by atoms with Gasteiger partial charge < -0.3 is 20.3 Å². The molecule has 162 valence electrons. The van der Waals surface area contributed by atoms with E-state index in [2.05, 4.69) is 10.6 Å². The molecular weight excluding hydrogens is 412 g/mol. The predicted molar refractivity (Wildman–Crippen MR) is 115 cm³/mol. The number of carbonyl (C=O) groups excluding carboxylic acids is 1. The van der Waals surface area contributed by atoms with Crippen molar-refractivity contribution in [2.45, 2.75) is 18.5 Å². The van der Waals surface area contributed by atoms with Gasteiger partial charge in [-0.25, -0.2) is 8.78 Å². The molecule has 30 heavy (non-hydrogen) atoms. The smallest absolute Gasteiger partial charge is 0.253 e. The molecule has 0 radical (unpaired) electrons. The van der Waals surface area contributed by atoms with Crippen LogP contribution in [-0.2, 0) is 0 Å². The van der Waals surface area contributed by atoms with E-state index in [0.29, 0.717) is 31.8 Å². The number of alkyl halides is 1. The lowest BCUT2D eigenvalue weighted by Gasteiger charge is -2.36. The van der Waals surface area contributed by atoms with Crippen LogP contribution in [-0.4, -0.2) is 56.3 Å². The lowest BCUT2D eigenvalue weighted by Crippen LogP contribution is -2.49. The highest BCUT2D eigenvalue weighted by atomic mass is 35.5. The third kappa shape index (κ3) is 5.83. The minimum atomic E-state index is -1.37. The first-order valence-corrected chi connectivity index (χ1v) is 10.3. The third-order valence-electron chi connectivity index (χ3n) is 5.23. The fourth-order valence-electron chi connectivity index (χ4n) is 3.39. The van der Waals surface area contributed by atoms with Gasteiger partial charge in [0, 0.05) is 63.4 Å². The molecule has 1 amide bonds. The zero-order valence-electron chi connectivity index (χ0n) is 16.9. The summed E-state index contributed by atoms with van der Waals surface area (Å²) in [6.45, 7) is 1.77. The Labute approximate surface area is 180 Å². The minimum absolute atomic E-state index is 0.0956. The summed E-state index contributed by atoms with van der Waals surface area (Å²) < 4.78 is 34.0. The molecule has 0 aliphatic carbocycles. The van der Waals surface area contributed by atoms with Crippen LogP contribution >= 0.6 is 11.6 Å². The van der Waals surface area contributed by atoms with E-state index in [1.54, 1.807) is 4.90 Å². The number of amides is 1. The zero-order valence-corrected chi connectivity index (χ0v) is 17.6. The fourth-order valence-corrected chi connectivity index (χ4v) is 3.57. The van der Waals surface area contributed by atoms with E-state index in [9.17, 15) is 9.18 Å². The molecule has 0 aromatic heterocycles. The molecule has 5 nitrogen and oxygen atoms in total.